The number of aryl methyl sites for hydroxylation is 1. The highest BCUT2D eigenvalue weighted by Crippen LogP contribution is 2.49. The molecule has 3 aromatic carbocycles. The van der Waals surface area contributed by atoms with Gasteiger partial charge in [-0.1, -0.05) is 108 Å². The maximum atomic E-state index is 6.83. The summed E-state index contributed by atoms with van der Waals surface area (Å²) >= 11 is 26.3. The molecule has 2 aliphatic heterocycles. The van der Waals surface area contributed by atoms with Crippen LogP contribution in [-0.4, -0.2) is 20.5 Å². The largest absolute Gasteiger partial charge is 0.318 e. The first-order valence-electron chi connectivity index (χ1n) is 12.3. The first-order valence-corrected chi connectivity index (χ1v) is 13.8. The van der Waals surface area contributed by atoms with Crippen molar-refractivity contribution in [1.82, 2.24) is 14.7 Å². The van der Waals surface area contributed by atoms with Crippen molar-refractivity contribution in [2.45, 2.75) is 25.8 Å². The van der Waals surface area contributed by atoms with Crippen LogP contribution in [0, 0.1) is 0 Å². The molecule has 0 aliphatic carbocycles. The van der Waals surface area contributed by atoms with E-state index in [1.165, 1.54) is 5.56 Å². The molecular formula is C30H22Cl4N4. The van der Waals surface area contributed by atoms with Crippen LogP contribution < -0.4 is 0 Å². The Balaban J connectivity index is 1.67. The van der Waals surface area contributed by atoms with Gasteiger partial charge in [0.15, 0.2) is 11.7 Å². The number of rotatable bonds is 5. The number of allylic oxidation sites excluding steroid dienone is 2. The molecule has 0 saturated carbocycles. The molecule has 190 valence electrons. The van der Waals surface area contributed by atoms with Gasteiger partial charge < -0.3 is 4.90 Å². The fourth-order valence-corrected chi connectivity index (χ4v) is 6.02. The summed E-state index contributed by atoms with van der Waals surface area (Å²) in [6.45, 7) is 2.18. The molecule has 0 fully saturated rings. The molecule has 2 aliphatic rings. The Morgan fingerprint density at radius 2 is 1.66 bits per heavy atom. The second-order valence-electron chi connectivity index (χ2n) is 9.20. The summed E-state index contributed by atoms with van der Waals surface area (Å²) < 4.78 is 1.87. The van der Waals surface area contributed by atoms with E-state index in [0.29, 0.717) is 31.8 Å². The average Bonchev–Trinajstić information content (AvgIpc) is 3.29. The van der Waals surface area contributed by atoms with Gasteiger partial charge in [-0.05, 0) is 47.9 Å². The predicted molar refractivity (Wildman–Crippen MR) is 158 cm³/mol. The van der Waals surface area contributed by atoms with Gasteiger partial charge >= 0.3 is 0 Å². The molecule has 8 heteroatoms. The summed E-state index contributed by atoms with van der Waals surface area (Å²) in [5.41, 5.74) is 5.71. The molecule has 1 atom stereocenters. The number of hydrogen-bond acceptors (Lipinski definition) is 3. The highest BCUT2D eigenvalue weighted by molar-refractivity contribution is 6.45. The third-order valence-electron chi connectivity index (χ3n) is 6.67. The standard InChI is InChI=1S/C30H22Cl4N4/c1-2-6-18-9-11-19(12-10-18)27-26-28(23-14-13-20(31)15-24(23)33)37-17-21(32)16-25(34)29(37)35-30(26)38(36-27)22-7-4-3-5-8-22/h3-5,7-17,28H,2,6H2,1H3. The van der Waals surface area contributed by atoms with Crippen LogP contribution in [0.15, 0.2) is 100 Å². The van der Waals surface area contributed by atoms with E-state index in [1.54, 1.807) is 12.1 Å². The second kappa shape index (κ2) is 10.3. The lowest BCUT2D eigenvalue weighted by Gasteiger charge is -2.37. The zero-order valence-corrected chi connectivity index (χ0v) is 23.4. The van der Waals surface area contributed by atoms with Crippen molar-refractivity contribution in [2.24, 2.45) is 4.99 Å². The van der Waals surface area contributed by atoms with Crippen LogP contribution in [0.25, 0.3) is 16.9 Å². The maximum Gasteiger partial charge on any atom is 0.164 e. The predicted octanol–water partition coefficient (Wildman–Crippen LogP) is 9.45. The summed E-state index contributed by atoms with van der Waals surface area (Å²) in [5, 5.41) is 7.14. The zero-order valence-electron chi connectivity index (χ0n) is 20.4. The molecule has 1 unspecified atom stereocenters. The van der Waals surface area contributed by atoms with Gasteiger partial charge in [-0.2, -0.15) is 5.10 Å². The molecule has 38 heavy (non-hydrogen) atoms. The van der Waals surface area contributed by atoms with Gasteiger partial charge in [0.1, 0.15) is 5.69 Å². The molecule has 0 radical (unpaired) electrons. The molecule has 0 amide bonds. The fourth-order valence-electron chi connectivity index (χ4n) is 4.98. The third-order valence-corrected chi connectivity index (χ3v) is 7.72. The minimum Gasteiger partial charge on any atom is -0.318 e. The van der Waals surface area contributed by atoms with Gasteiger partial charge in [0.2, 0.25) is 0 Å². The molecule has 0 bridgehead atoms. The Morgan fingerprint density at radius 1 is 0.895 bits per heavy atom. The molecule has 4 nitrogen and oxygen atoms in total. The molecule has 0 saturated heterocycles. The van der Waals surface area contributed by atoms with Crippen molar-refractivity contribution in [3.63, 3.8) is 0 Å². The van der Waals surface area contributed by atoms with Crippen LogP contribution in [-0.2, 0) is 6.42 Å². The zero-order chi connectivity index (χ0) is 26.4. The van der Waals surface area contributed by atoms with Crippen molar-refractivity contribution < 1.29 is 0 Å². The average molecular weight is 580 g/mol. The summed E-state index contributed by atoms with van der Waals surface area (Å²) in [6.07, 6.45) is 5.64. The lowest BCUT2D eigenvalue weighted by atomic mass is 9.92. The van der Waals surface area contributed by atoms with Crippen molar-refractivity contribution in [3.8, 4) is 16.9 Å². The number of para-hydroxylation sites is 1. The van der Waals surface area contributed by atoms with Gasteiger partial charge in [0.05, 0.1) is 27.4 Å². The number of hydrogen-bond donors (Lipinski definition) is 0. The number of aromatic nitrogens is 2. The van der Waals surface area contributed by atoms with Crippen molar-refractivity contribution in [2.75, 3.05) is 0 Å². The van der Waals surface area contributed by atoms with E-state index in [0.717, 1.165) is 40.9 Å². The normalized spacial score (nSPS) is 16.4. The number of benzene rings is 3. The van der Waals surface area contributed by atoms with E-state index < -0.39 is 6.04 Å². The summed E-state index contributed by atoms with van der Waals surface area (Å²) in [5.74, 6) is 1.26. The number of nitrogens with zero attached hydrogens (tertiary/aromatic N) is 4. The lowest BCUT2D eigenvalue weighted by molar-refractivity contribution is 0.462. The maximum absolute atomic E-state index is 6.83. The number of halogens is 4. The van der Waals surface area contributed by atoms with Crippen LogP contribution in [0.5, 0.6) is 0 Å². The molecule has 4 aromatic rings. The first kappa shape index (κ1) is 25.3. The van der Waals surface area contributed by atoms with Crippen LogP contribution in [0.4, 0.5) is 5.82 Å². The van der Waals surface area contributed by atoms with Gasteiger partial charge in [0, 0.05) is 21.8 Å². The van der Waals surface area contributed by atoms with Gasteiger partial charge in [0.25, 0.3) is 0 Å². The fraction of sp³-hybridized carbons (Fsp3) is 0.133. The van der Waals surface area contributed by atoms with Gasteiger partial charge in [-0.3, -0.25) is 0 Å². The minimum absolute atomic E-state index is 0.402. The van der Waals surface area contributed by atoms with Crippen molar-refractivity contribution >= 4 is 58.1 Å². The van der Waals surface area contributed by atoms with E-state index in [1.807, 2.05) is 58.2 Å². The number of fused-ring (bicyclic) bond motifs is 2. The van der Waals surface area contributed by atoms with Crippen molar-refractivity contribution in [3.05, 3.63) is 122 Å². The Kier molecular flexibility index (Phi) is 6.83. The quantitative estimate of drug-likeness (QED) is 0.236. The molecule has 3 heterocycles. The molecule has 0 spiro atoms. The first-order chi connectivity index (χ1) is 18.4. The van der Waals surface area contributed by atoms with Crippen LogP contribution in [0.3, 0.4) is 0 Å². The SMILES string of the molecule is CCCc1ccc(-c2nn(-c3ccccc3)c3c2C(c2ccc(Cl)cc2Cl)N2C=C(Cl)C=C(Cl)C2=N3)cc1. The van der Waals surface area contributed by atoms with E-state index in [-0.39, 0.29) is 0 Å². The molecule has 1 aromatic heterocycles. The topological polar surface area (TPSA) is 33.4 Å². The third kappa shape index (κ3) is 4.46. The highest BCUT2D eigenvalue weighted by Gasteiger charge is 2.39. The molecular weight excluding hydrogens is 558 g/mol. The smallest absolute Gasteiger partial charge is 0.164 e. The Morgan fingerprint density at radius 3 is 2.37 bits per heavy atom. The molecule has 0 N–H and O–H groups in total. The number of amidine groups is 1. The van der Waals surface area contributed by atoms with Crippen molar-refractivity contribution in [1.29, 1.82) is 0 Å². The molecule has 6 rings (SSSR count). The highest BCUT2D eigenvalue weighted by atomic mass is 35.5. The summed E-state index contributed by atoms with van der Waals surface area (Å²) in [6, 6.07) is 23.6. The van der Waals surface area contributed by atoms with E-state index in [2.05, 4.69) is 31.2 Å². The Hall–Kier alpha value is -3.02. The number of aliphatic imine (C=N–C) groups is 1. The van der Waals surface area contributed by atoms with Gasteiger partial charge in [-0.25, -0.2) is 9.67 Å². The van der Waals surface area contributed by atoms with E-state index >= 15 is 0 Å². The summed E-state index contributed by atoms with van der Waals surface area (Å²) in [4.78, 5) is 7.01. The van der Waals surface area contributed by atoms with Crippen LogP contribution in [0.1, 0.15) is 36.1 Å². The monoisotopic (exact) mass is 578 g/mol. The van der Waals surface area contributed by atoms with E-state index in [9.17, 15) is 0 Å². The Bertz CT molecular complexity index is 1620. The van der Waals surface area contributed by atoms with Crippen LogP contribution >= 0.6 is 46.4 Å². The Labute approximate surface area is 241 Å². The van der Waals surface area contributed by atoms with Gasteiger partial charge in [-0.15, -0.1) is 0 Å². The minimum atomic E-state index is -0.402. The van der Waals surface area contributed by atoms with Crippen LogP contribution in [0.2, 0.25) is 10.0 Å². The van der Waals surface area contributed by atoms with E-state index in [4.69, 9.17) is 56.5 Å². The second-order valence-corrected chi connectivity index (χ2v) is 10.9. The summed E-state index contributed by atoms with van der Waals surface area (Å²) in [7, 11) is 0. The lowest BCUT2D eigenvalue weighted by Crippen LogP contribution is -2.36.